The van der Waals surface area contributed by atoms with E-state index in [1.807, 2.05) is 6.08 Å². The average Bonchev–Trinajstić information content (AvgIpc) is 3.36. The number of amides is 1. The zero-order valence-corrected chi connectivity index (χ0v) is 47.0. The Labute approximate surface area is 436 Å². The Balaban J connectivity index is 3.45. The van der Waals surface area contributed by atoms with Crippen molar-refractivity contribution >= 4 is 11.9 Å². The Hall–Kier alpha value is -1.92. The largest absolute Gasteiger partial charge is 0.466 e. The number of carbonyl (C=O) groups excluding carboxylic acids is 2. The van der Waals surface area contributed by atoms with Gasteiger partial charge in [0.2, 0.25) is 5.91 Å². The fourth-order valence-corrected chi connectivity index (χ4v) is 9.61. The van der Waals surface area contributed by atoms with E-state index < -0.39 is 12.1 Å². The summed E-state index contributed by atoms with van der Waals surface area (Å²) in [4.78, 5) is 24.5. The molecule has 0 heterocycles. The summed E-state index contributed by atoms with van der Waals surface area (Å²) in [6.07, 6.45) is 74.6. The summed E-state index contributed by atoms with van der Waals surface area (Å²) in [7, 11) is 0. The van der Waals surface area contributed by atoms with Crippen LogP contribution in [-0.2, 0) is 14.3 Å². The number of nitrogens with one attached hydrogen (secondary N) is 1. The highest BCUT2D eigenvalue weighted by atomic mass is 16.5. The lowest BCUT2D eigenvalue weighted by Crippen LogP contribution is -2.45. The van der Waals surface area contributed by atoms with Crippen LogP contribution in [0.15, 0.2) is 36.5 Å². The second kappa shape index (κ2) is 59.6. The van der Waals surface area contributed by atoms with E-state index >= 15 is 0 Å². The molecule has 0 saturated carbocycles. The van der Waals surface area contributed by atoms with Crippen LogP contribution in [0.4, 0.5) is 0 Å². The van der Waals surface area contributed by atoms with Gasteiger partial charge in [-0.25, -0.2) is 0 Å². The summed E-state index contributed by atoms with van der Waals surface area (Å²) < 4.78 is 5.47. The van der Waals surface area contributed by atoms with E-state index in [9.17, 15) is 19.8 Å². The van der Waals surface area contributed by atoms with Gasteiger partial charge in [-0.2, -0.15) is 0 Å². The van der Waals surface area contributed by atoms with Gasteiger partial charge in [-0.05, 0) is 64.2 Å². The van der Waals surface area contributed by atoms with Gasteiger partial charge < -0.3 is 20.3 Å². The smallest absolute Gasteiger partial charge is 0.305 e. The topological polar surface area (TPSA) is 95.9 Å². The van der Waals surface area contributed by atoms with Gasteiger partial charge in [0.05, 0.1) is 25.4 Å². The van der Waals surface area contributed by atoms with Crippen molar-refractivity contribution in [2.75, 3.05) is 13.2 Å². The first kappa shape index (κ1) is 68.1. The van der Waals surface area contributed by atoms with Crippen molar-refractivity contribution in [1.29, 1.82) is 0 Å². The van der Waals surface area contributed by atoms with Crippen LogP contribution in [0.1, 0.15) is 335 Å². The number of carbonyl (C=O) groups is 2. The fourth-order valence-electron chi connectivity index (χ4n) is 9.61. The van der Waals surface area contributed by atoms with Gasteiger partial charge in [0.1, 0.15) is 0 Å². The highest BCUT2D eigenvalue weighted by Crippen LogP contribution is 2.17. The van der Waals surface area contributed by atoms with E-state index in [1.165, 1.54) is 257 Å². The molecule has 0 aliphatic heterocycles. The molecule has 2 atom stereocenters. The van der Waals surface area contributed by atoms with Crippen molar-refractivity contribution in [1.82, 2.24) is 5.32 Å². The Morgan fingerprint density at radius 3 is 1.11 bits per heavy atom. The molecule has 0 bridgehead atoms. The van der Waals surface area contributed by atoms with Crippen LogP contribution in [-0.4, -0.2) is 47.4 Å². The van der Waals surface area contributed by atoms with Crippen LogP contribution < -0.4 is 5.32 Å². The Bertz CT molecular complexity index is 1130. The summed E-state index contributed by atoms with van der Waals surface area (Å²) in [6.45, 7) is 4.88. The summed E-state index contributed by atoms with van der Waals surface area (Å²) in [5, 5.41) is 23.2. The predicted molar refractivity (Wildman–Crippen MR) is 306 cm³/mol. The molecule has 3 N–H and O–H groups in total. The van der Waals surface area contributed by atoms with Gasteiger partial charge >= 0.3 is 5.97 Å². The minimum absolute atomic E-state index is 0.00726. The molecule has 0 aliphatic rings. The second-order valence-electron chi connectivity index (χ2n) is 21.4. The maximum atomic E-state index is 12.5. The molecule has 0 saturated heterocycles. The van der Waals surface area contributed by atoms with E-state index in [2.05, 4.69) is 43.5 Å². The third-order valence-corrected chi connectivity index (χ3v) is 14.4. The zero-order valence-electron chi connectivity index (χ0n) is 47.0. The molecule has 412 valence electrons. The molecule has 0 aliphatic carbocycles. The van der Waals surface area contributed by atoms with Gasteiger partial charge in [0.25, 0.3) is 0 Å². The van der Waals surface area contributed by atoms with Crippen molar-refractivity contribution in [3.8, 4) is 0 Å². The summed E-state index contributed by atoms with van der Waals surface area (Å²) in [5.41, 5.74) is 0. The third-order valence-electron chi connectivity index (χ3n) is 14.4. The third kappa shape index (κ3) is 55.4. The molecule has 0 aromatic heterocycles. The maximum Gasteiger partial charge on any atom is 0.305 e. The highest BCUT2D eigenvalue weighted by Gasteiger charge is 2.18. The number of unbranched alkanes of at least 4 members (excludes halogenated alkanes) is 43. The summed E-state index contributed by atoms with van der Waals surface area (Å²) >= 11 is 0. The molecule has 2 unspecified atom stereocenters. The van der Waals surface area contributed by atoms with Crippen LogP contribution in [0.3, 0.4) is 0 Å². The van der Waals surface area contributed by atoms with Gasteiger partial charge in [-0.15, -0.1) is 0 Å². The van der Waals surface area contributed by atoms with Gasteiger partial charge in [0, 0.05) is 12.8 Å². The number of rotatable bonds is 58. The van der Waals surface area contributed by atoms with E-state index in [0.717, 1.165) is 51.4 Å². The number of aliphatic hydroxyl groups is 2. The molecule has 0 fully saturated rings. The van der Waals surface area contributed by atoms with Gasteiger partial charge in [-0.1, -0.05) is 294 Å². The molecule has 70 heavy (non-hydrogen) atoms. The number of aliphatic hydroxyl groups excluding tert-OH is 2. The van der Waals surface area contributed by atoms with Crippen molar-refractivity contribution in [2.45, 2.75) is 347 Å². The van der Waals surface area contributed by atoms with Crippen LogP contribution in [0, 0.1) is 0 Å². The van der Waals surface area contributed by atoms with E-state index in [1.54, 1.807) is 6.08 Å². The van der Waals surface area contributed by atoms with Crippen molar-refractivity contribution in [2.24, 2.45) is 0 Å². The Kier molecular flexibility index (Phi) is 58.0. The lowest BCUT2D eigenvalue weighted by Gasteiger charge is -2.20. The van der Waals surface area contributed by atoms with E-state index in [4.69, 9.17) is 4.74 Å². The maximum absolute atomic E-state index is 12.5. The van der Waals surface area contributed by atoms with Crippen LogP contribution in [0.25, 0.3) is 0 Å². The second-order valence-corrected chi connectivity index (χ2v) is 21.4. The monoisotopic (exact) mass is 984 g/mol. The first-order valence-corrected chi connectivity index (χ1v) is 31.3. The molecule has 0 spiro atoms. The minimum Gasteiger partial charge on any atom is -0.466 e. The Morgan fingerprint density at radius 2 is 0.714 bits per heavy atom. The van der Waals surface area contributed by atoms with Crippen LogP contribution in [0.5, 0.6) is 0 Å². The van der Waals surface area contributed by atoms with Crippen LogP contribution >= 0.6 is 0 Å². The SMILES string of the molecule is CCCCC/C=C\C/C=C\CCCCCCCC(=O)OCCCCCCCCCCCCCCCCCCCCC(=O)NC(CO)C(O)/C=C/CCCCCCCCCCCCCCCCCCCC. The molecule has 0 radical (unpaired) electrons. The standard InChI is InChI=1S/C64H121NO5/c1-3-5-7-9-11-13-15-17-19-20-21-22-25-29-32-36-40-44-48-52-56-62(67)61(60-66)65-63(68)57-53-49-45-41-37-33-30-26-23-24-27-31-35-39-43-47-51-55-59-70-64(69)58-54-50-46-42-38-34-28-18-16-14-12-10-8-6-4-2/h12,14,18,28,52,56,61-62,66-67H,3-11,13,15-17,19-27,29-51,53-55,57-60H2,1-2H3,(H,65,68)/b14-12-,28-18-,56-52+. The number of allylic oxidation sites excluding steroid dienone is 5. The average molecular weight is 985 g/mol. The molecule has 0 aromatic carbocycles. The van der Waals surface area contributed by atoms with Crippen LogP contribution in [0.2, 0.25) is 0 Å². The molecule has 6 nitrogen and oxygen atoms in total. The van der Waals surface area contributed by atoms with E-state index in [0.29, 0.717) is 19.4 Å². The van der Waals surface area contributed by atoms with Gasteiger partial charge in [0.15, 0.2) is 0 Å². The minimum atomic E-state index is -0.849. The number of hydrogen-bond acceptors (Lipinski definition) is 5. The quantitative estimate of drug-likeness (QED) is 0.0321. The van der Waals surface area contributed by atoms with Crippen molar-refractivity contribution in [3.63, 3.8) is 0 Å². The molecular formula is C64H121NO5. The molecular weight excluding hydrogens is 863 g/mol. The summed E-state index contributed by atoms with van der Waals surface area (Å²) in [6, 6.07) is -0.632. The first-order valence-electron chi connectivity index (χ1n) is 31.3. The molecule has 0 aromatic rings. The number of ether oxygens (including phenoxy) is 1. The lowest BCUT2D eigenvalue weighted by molar-refractivity contribution is -0.143. The molecule has 6 heteroatoms. The lowest BCUT2D eigenvalue weighted by atomic mass is 10.0. The van der Waals surface area contributed by atoms with E-state index in [-0.39, 0.29) is 18.5 Å². The normalized spacial score (nSPS) is 12.8. The molecule has 0 rings (SSSR count). The van der Waals surface area contributed by atoms with Crippen molar-refractivity contribution < 1.29 is 24.5 Å². The number of hydrogen-bond donors (Lipinski definition) is 3. The highest BCUT2D eigenvalue weighted by molar-refractivity contribution is 5.76. The van der Waals surface area contributed by atoms with Crippen molar-refractivity contribution in [3.05, 3.63) is 36.5 Å². The fraction of sp³-hybridized carbons (Fsp3) is 0.875. The predicted octanol–water partition coefficient (Wildman–Crippen LogP) is 19.6. The Morgan fingerprint density at radius 1 is 0.400 bits per heavy atom. The zero-order chi connectivity index (χ0) is 50.7. The van der Waals surface area contributed by atoms with Gasteiger partial charge in [-0.3, -0.25) is 9.59 Å². The number of esters is 1. The molecule has 1 amide bonds. The first-order chi connectivity index (χ1) is 34.5. The summed E-state index contributed by atoms with van der Waals surface area (Å²) in [5.74, 6) is -0.0772.